The van der Waals surface area contributed by atoms with Crippen molar-refractivity contribution in [2.75, 3.05) is 6.61 Å². The Morgan fingerprint density at radius 3 is 2.87 bits per heavy atom. The molecule has 0 aliphatic rings. The van der Waals surface area contributed by atoms with E-state index in [0.717, 1.165) is 24.2 Å². The molecule has 0 unspecified atom stereocenters. The van der Waals surface area contributed by atoms with Crippen LogP contribution in [0.5, 0.6) is 5.75 Å². The quantitative estimate of drug-likeness (QED) is 0.510. The number of hydrogen-bond donors (Lipinski definition) is 0. The molecule has 0 N–H and O–H groups in total. The number of unbranched alkanes of at least 4 members (excludes halogenated alkanes) is 1. The van der Waals surface area contributed by atoms with Crippen LogP contribution in [0.2, 0.25) is 0 Å². The maximum absolute atomic E-state index is 10.1. The minimum absolute atomic E-state index is 0.270. The molecule has 0 aromatic heterocycles. The molecule has 0 radical (unpaired) electrons. The van der Waals surface area contributed by atoms with Gasteiger partial charge in [0, 0.05) is 5.56 Å². The van der Waals surface area contributed by atoms with Gasteiger partial charge in [0.05, 0.1) is 6.61 Å². The topological polar surface area (TPSA) is 35.5 Å². The van der Waals surface area contributed by atoms with Gasteiger partial charge in [0.15, 0.2) is 0 Å². The van der Waals surface area contributed by atoms with Gasteiger partial charge in [-0.1, -0.05) is 31.5 Å². The zero-order valence-corrected chi connectivity index (χ0v) is 8.94. The molecule has 1 aromatic rings. The summed E-state index contributed by atoms with van der Waals surface area (Å²) in [6.07, 6.45) is 2.13. The van der Waals surface area contributed by atoms with E-state index in [1.807, 2.05) is 24.3 Å². The predicted molar refractivity (Wildman–Crippen MR) is 57.7 cm³/mol. The van der Waals surface area contributed by atoms with Crippen molar-refractivity contribution in [1.82, 2.24) is 0 Å². The maximum atomic E-state index is 10.1. The van der Waals surface area contributed by atoms with Gasteiger partial charge in [0.1, 0.15) is 12.4 Å². The van der Waals surface area contributed by atoms with E-state index in [0.29, 0.717) is 13.1 Å². The SMILES string of the molecule is CCCCOc1ccccc1COC=O. The van der Waals surface area contributed by atoms with Crippen LogP contribution in [-0.4, -0.2) is 13.1 Å². The number of hydrogen-bond acceptors (Lipinski definition) is 3. The second kappa shape index (κ2) is 6.87. The molecule has 0 bridgehead atoms. The summed E-state index contributed by atoms with van der Waals surface area (Å²) in [5, 5.41) is 0. The fourth-order valence-electron chi connectivity index (χ4n) is 1.21. The Bertz CT molecular complexity index is 297. The number of para-hydroxylation sites is 1. The third kappa shape index (κ3) is 4.02. The second-order valence-electron chi connectivity index (χ2n) is 3.22. The lowest BCUT2D eigenvalue weighted by atomic mass is 10.2. The Labute approximate surface area is 90.0 Å². The normalized spacial score (nSPS) is 9.67. The van der Waals surface area contributed by atoms with E-state index in [-0.39, 0.29) is 6.61 Å². The van der Waals surface area contributed by atoms with Crippen molar-refractivity contribution < 1.29 is 14.3 Å². The Balaban J connectivity index is 2.55. The molecule has 0 heterocycles. The lowest BCUT2D eigenvalue weighted by Crippen LogP contribution is -2.00. The van der Waals surface area contributed by atoms with Gasteiger partial charge in [0.2, 0.25) is 0 Å². The van der Waals surface area contributed by atoms with Crippen molar-refractivity contribution in [1.29, 1.82) is 0 Å². The van der Waals surface area contributed by atoms with Gasteiger partial charge in [-0.2, -0.15) is 0 Å². The molecule has 15 heavy (non-hydrogen) atoms. The van der Waals surface area contributed by atoms with Crippen molar-refractivity contribution in [3.8, 4) is 5.75 Å². The third-order valence-corrected chi connectivity index (χ3v) is 2.03. The lowest BCUT2D eigenvalue weighted by Gasteiger charge is -2.09. The molecule has 0 saturated carbocycles. The van der Waals surface area contributed by atoms with E-state index in [2.05, 4.69) is 6.92 Å². The van der Waals surface area contributed by atoms with E-state index in [1.54, 1.807) is 0 Å². The van der Waals surface area contributed by atoms with E-state index < -0.39 is 0 Å². The summed E-state index contributed by atoms with van der Waals surface area (Å²) >= 11 is 0. The molecule has 82 valence electrons. The van der Waals surface area contributed by atoms with E-state index >= 15 is 0 Å². The van der Waals surface area contributed by atoms with Crippen LogP contribution < -0.4 is 4.74 Å². The molecule has 0 aliphatic heterocycles. The van der Waals surface area contributed by atoms with Gasteiger partial charge in [-0.3, -0.25) is 4.79 Å². The molecule has 0 aliphatic carbocycles. The predicted octanol–water partition coefficient (Wildman–Crippen LogP) is 2.54. The van der Waals surface area contributed by atoms with Crippen LogP contribution >= 0.6 is 0 Å². The highest BCUT2D eigenvalue weighted by Gasteiger charge is 2.02. The summed E-state index contributed by atoms with van der Waals surface area (Å²) in [5.41, 5.74) is 0.903. The molecule has 1 aromatic carbocycles. The van der Waals surface area contributed by atoms with Crippen molar-refractivity contribution in [3.05, 3.63) is 29.8 Å². The standard InChI is InChI=1S/C12H16O3/c1-2-3-8-15-12-7-5-4-6-11(12)9-14-10-13/h4-7,10H,2-3,8-9H2,1H3. The highest BCUT2D eigenvalue weighted by atomic mass is 16.5. The molecular weight excluding hydrogens is 192 g/mol. The van der Waals surface area contributed by atoms with Crippen LogP contribution in [0.4, 0.5) is 0 Å². The largest absolute Gasteiger partial charge is 0.493 e. The van der Waals surface area contributed by atoms with Gasteiger partial charge in [-0.05, 0) is 12.5 Å². The number of carbonyl (C=O) groups is 1. The minimum Gasteiger partial charge on any atom is -0.493 e. The first-order chi connectivity index (χ1) is 7.38. The van der Waals surface area contributed by atoms with Gasteiger partial charge in [0.25, 0.3) is 6.47 Å². The molecule has 0 atom stereocenters. The van der Waals surface area contributed by atoms with E-state index in [9.17, 15) is 4.79 Å². The van der Waals surface area contributed by atoms with Crippen LogP contribution in [0.3, 0.4) is 0 Å². The highest BCUT2D eigenvalue weighted by Crippen LogP contribution is 2.18. The first-order valence-corrected chi connectivity index (χ1v) is 5.14. The Kier molecular flexibility index (Phi) is 5.30. The lowest BCUT2D eigenvalue weighted by molar-refractivity contribution is -0.129. The summed E-state index contributed by atoms with van der Waals surface area (Å²) in [6, 6.07) is 7.59. The Hall–Kier alpha value is -1.51. The van der Waals surface area contributed by atoms with Crippen LogP contribution in [-0.2, 0) is 16.1 Å². The van der Waals surface area contributed by atoms with Crippen LogP contribution in [0, 0.1) is 0 Å². The molecule has 0 spiro atoms. The molecule has 0 fully saturated rings. The van der Waals surface area contributed by atoms with Crippen molar-refractivity contribution in [2.24, 2.45) is 0 Å². The number of carbonyl (C=O) groups excluding carboxylic acids is 1. The van der Waals surface area contributed by atoms with Crippen molar-refractivity contribution >= 4 is 6.47 Å². The van der Waals surface area contributed by atoms with Gasteiger partial charge >= 0.3 is 0 Å². The Morgan fingerprint density at radius 2 is 2.13 bits per heavy atom. The van der Waals surface area contributed by atoms with Crippen LogP contribution in [0.25, 0.3) is 0 Å². The Morgan fingerprint density at radius 1 is 1.33 bits per heavy atom. The van der Waals surface area contributed by atoms with E-state index in [1.165, 1.54) is 0 Å². The van der Waals surface area contributed by atoms with Crippen molar-refractivity contribution in [2.45, 2.75) is 26.4 Å². The summed E-state index contributed by atoms with van der Waals surface area (Å²) in [7, 11) is 0. The molecule has 3 heteroatoms. The van der Waals surface area contributed by atoms with Crippen LogP contribution in [0.1, 0.15) is 25.3 Å². The summed E-state index contributed by atoms with van der Waals surface area (Å²) < 4.78 is 10.3. The van der Waals surface area contributed by atoms with Gasteiger partial charge < -0.3 is 9.47 Å². The molecular formula is C12H16O3. The maximum Gasteiger partial charge on any atom is 0.293 e. The first kappa shape index (κ1) is 11.6. The van der Waals surface area contributed by atoms with Gasteiger partial charge in [-0.15, -0.1) is 0 Å². The number of rotatable bonds is 7. The second-order valence-corrected chi connectivity index (χ2v) is 3.22. The monoisotopic (exact) mass is 208 g/mol. The molecule has 3 nitrogen and oxygen atoms in total. The van der Waals surface area contributed by atoms with Crippen molar-refractivity contribution in [3.63, 3.8) is 0 Å². The highest BCUT2D eigenvalue weighted by molar-refractivity contribution is 5.39. The zero-order chi connectivity index (χ0) is 10.9. The minimum atomic E-state index is 0.270. The smallest absolute Gasteiger partial charge is 0.293 e. The average molecular weight is 208 g/mol. The average Bonchev–Trinajstić information content (AvgIpc) is 2.28. The fraction of sp³-hybridized carbons (Fsp3) is 0.417. The molecule has 1 rings (SSSR count). The fourth-order valence-corrected chi connectivity index (χ4v) is 1.21. The van der Waals surface area contributed by atoms with Gasteiger partial charge in [-0.25, -0.2) is 0 Å². The summed E-state index contributed by atoms with van der Waals surface area (Å²) in [4.78, 5) is 10.1. The summed E-state index contributed by atoms with van der Waals surface area (Å²) in [6.45, 7) is 3.54. The zero-order valence-electron chi connectivity index (χ0n) is 8.94. The number of benzene rings is 1. The molecule has 0 saturated heterocycles. The molecule has 0 amide bonds. The summed E-state index contributed by atoms with van der Waals surface area (Å²) in [5.74, 6) is 0.799. The third-order valence-electron chi connectivity index (χ3n) is 2.03. The number of ether oxygens (including phenoxy) is 2. The van der Waals surface area contributed by atoms with Crippen LogP contribution in [0.15, 0.2) is 24.3 Å². The van der Waals surface area contributed by atoms with E-state index in [4.69, 9.17) is 9.47 Å². The first-order valence-electron chi connectivity index (χ1n) is 5.14.